The molecule has 0 saturated carbocycles. The molecule has 108 valence electrons. The van der Waals surface area contributed by atoms with Crippen LogP contribution in [0.2, 0.25) is 0 Å². The van der Waals surface area contributed by atoms with Crippen LogP contribution in [-0.4, -0.2) is 30.1 Å². The first-order valence-corrected chi connectivity index (χ1v) is 6.61. The number of carbonyl (C=O) groups excluding carboxylic acids is 2. The van der Waals surface area contributed by atoms with E-state index < -0.39 is 6.09 Å². The SMILES string of the molecule is CCOC(=O)N1CCC(C#N)=C1NC(=O)c1ccccc1. The monoisotopic (exact) mass is 285 g/mol. The summed E-state index contributed by atoms with van der Waals surface area (Å²) in [7, 11) is 0. The van der Waals surface area contributed by atoms with Crippen LogP contribution < -0.4 is 5.32 Å². The Morgan fingerprint density at radius 3 is 2.71 bits per heavy atom. The standard InChI is InChI=1S/C15H15N3O3/c1-2-21-15(20)18-9-8-12(10-16)13(18)17-14(19)11-6-4-3-5-7-11/h3-7H,2,8-9H2,1H3,(H,17,19). The number of amides is 2. The van der Waals surface area contributed by atoms with Crippen LogP contribution in [0.25, 0.3) is 0 Å². The molecular weight excluding hydrogens is 270 g/mol. The van der Waals surface area contributed by atoms with E-state index in [9.17, 15) is 9.59 Å². The highest BCUT2D eigenvalue weighted by atomic mass is 16.6. The maximum absolute atomic E-state index is 12.2. The number of nitriles is 1. The Morgan fingerprint density at radius 2 is 2.10 bits per heavy atom. The predicted molar refractivity (Wildman–Crippen MR) is 74.9 cm³/mol. The summed E-state index contributed by atoms with van der Waals surface area (Å²) in [5.74, 6) is -0.153. The van der Waals surface area contributed by atoms with E-state index in [1.54, 1.807) is 37.3 Å². The zero-order valence-electron chi connectivity index (χ0n) is 11.6. The summed E-state index contributed by atoms with van der Waals surface area (Å²) in [6.45, 7) is 2.26. The summed E-state index contributed by atoms with van der Waals surface area (Å²) >= 11 is 0. The molecule has 0 aliphatic carbocycles. The molecule has 1 heterocycles. The minimum atomic E-state index is -0.564. The summed E-state index contributed by atoms with van der Waals surface area (Å²) in [6.07, 6.45) is -0.161. The van der Waals surface area contributed by atoms with Crippen molar-refractivity contribution in [2.75, 3.05) is 13.2 Å². The van der Waals surface area contributed by atoms with Gasteiger partial charge in [-0.05, 0) is 19.1 Å². The molecule has 0 bridgehead atoms. The number of nitrogens with one attached hydrogen (secondary N) is 1. The molecule has 6 heteroatoms. The van der Waals surface area contributed by atoms with Crippen LogP contribution in [0.1, 0.15) is 23.7 Å². The Hall–Kier alpha value is -2.81. The van der Waals surface area contributed by atoms with Crippen molar-refractivity contribution in [2.24, 2.45) is 0 Å². The van der Waals surface area contributed by atoms with Gasteiger partial charge < -0.3 is 10.1 Å². The Morgan fingerprint density at radius 1 is 1.38 bits per heavy atom. The molecule has 21 heavy (non-hydrogen) atoms. The fraction of sp³-hybridized carbons (Fsp3) is 0.267. The molecule has 1 aliphatic rings. The third kappa shape index (κ3) is 3.20. The molecule has 0 atom stereocenters. The van der Waals surface area contributed by atoms with Crippen LogP contribution in [0.3, 0.4) is 0 Å². The van der Waals surface area contributed by atoms with Gasteiger partial charge in [0.05, 0.1) is 18.2 Å². The summed E-state index contributed by atoms with van der Waals surface area (Å²) in [5.41, 5.74) is 0.824. The second-order valence-electron chi connectivity index (χ2n) is 4.36. The van der Waals surface area contributed by atoms with Gasteiger partial charge in [0.25, 0.3) is 5.91 Å². The van der Waals surface area contributed by atoms with Gasteiger partial charge in [-0.1, -0.05) is 18.2 Å². The van der Waals surface area contributed by atoms with Crippen molar-refractivity contribution < 1.29 is 14.3 Å². The second-order valence-corrected chi connectivity index (χ2v) is 4.36. The molecule has 0 unspecified atom stereocenters. The molecule has 0 spiro atoms. The zero-order chi connectivity index (χ0) is 15.2. The van der Waals surface area contributed by atoms with E-state index in [-0.39, 0.29) is 18.3 Å². The minimum Gasteiger partial charge on any atom is -0.449 e. The summed E-state index contributed by atoms with van der Waals surface area (Å²) in [5, 5.41) is 11.7. The number of hydrogen-bond donors (Lipinski definition) is 1. The van der Waals surface area contributed by atoms with Crippen molar-refractivity contribution in [1.29, 1.82) is 5.26 Å². The predicted octanol–water partition coefficient (Wildman–Crippen LogP) is 2.01. The molecular formula is C15H15N3O3. The fourth-order valence-corrected chi connectivity index (χ4v) is 2.02. The highest BCUT2D eigenvalue weighted by molar-refractivity contribution is 5.95. The zero-order valence-corrected chi connectivity index (χ0v) is 11.6. The molecule has 1 aliphatic heterocycles. The molecule has 2 amide bonds. The number of carbonyl (C=O) groups is 2. The maximum atomic E-state index is 12.2. The Kier molecular flexibility index (Phi) is 4.57. The largest absolute Gasteiger partial charge is 0.449 e. The van der Waals surface area contributed by atoms with Gasteiger partial charge in [-0.25, -0.2) is 4.79 Å². The van der Waals surface area contributed by atoms with Gasteiger partial charge in [0.2, 0.25) is 0 Å². The van der Waals surface area contributed by atoms with E-state index >= 15 is 0 Å². The van der Waals surface area contributed by atoms with Gasteiger partial charge in [0, 0.05) is 18.5 Å². The lowest BCUT2D eigenvalue weighted by atomic mass is 10.2. The molecule has 1 N–H and O–H groups in total. The van der Waals surface area contributed by atoms with Crippen LogP contribution >= 0.6 is 0 Å². The van der Waals surface area contributed by atoms with Gasteiger partial charge in [-0.2, -0.15) is 5.26 Å². The van der Waals surface area contributed by atoms with E-state index in [0.717, 1.165) is 0 Å². The molecule has 0 radical (unpaired) electrons. The third-order valence-electron chi connectivity index (χ3n) is 3.03. The van der Waals surface area contributed by atoms with E-state index in [1.165, 1.54) is 4.90 Å². The van der Waals surface area contributed by atoms with Crippen LogP contribution in [0.4, 0.5) is 4.79 Å². The summed E-state index contributed by atoms with van der Waals surface area (Å²) < 4.78 is 4.93. The number of benzene rings is 1. The number of ether oxygens (including phenoxy) is 1. The van der Waals surface area contributed by atoms with Crippen molar-refractivity contribution in [3.05, 3.63) is 47.3 Å². The average Bonchev–Trinajstić information content (AvgIpc) is 2.91. The lowest BCUT2D eigenvalue weighted by molar-refractivity contribution is 0.0940. The van der Waals surface area contributed by atoms with Gasteiger partial charge in [0.1, 0.15) is 5.82 Å². The lowest BCUT2D eigenvalue weighted by Crippen LogP contribution is -2.37. The second kappa shape index (κ2) is 6.57. The quantitative estimate of drug-likeness (QED) is 0.921. The van der Waals surface area contributed by atoms with Crippen LogP contribution in [0.5, 0.6) is 0 Å². The number of nitrogens with zero attached hydrogens (tertiary/aromatic N) is 2. The average molecular weight is 285 g/mol. The van der Waals surface area contributed by atoms with E-state index in [1.807, 2.05) is 6.07 Å². The van der Waals surface area contributed by atoms with E-state index in [4.69, 9.17) is 10.00 Å². The van der Waals surface area contributed by atoms with Crippen molar-refractivity contribution in [3.8, 4) is 6.07 Å². The normalized spacial score (nSPS) is 13.8. The van der Waals surface area contributed by atoms with Gasteiger partial charge in [-0.15, -0.1) is 0 Å². The lowest BCUT2D eigenvalue weighted by Gasteiger charge is -2.19. The summed E-state index contributed by atoms with van der Waals surface area (Å²) in [4.78, 5) is 25.3. The van der Waals surface area contributed by atoms with E-state index in [2.05, 4.69) is 5.32 Å². The molecule has 1 aromatic rings. The first-order valence-electron chi connectivity index (χ1n) is 6.61. The Balaban J connectivity index is 2.20. The maximum Gasteiger partial charge on any atom is 0.415 e. The molecule has 0 saturated heterocycles. The van der Waals surface area contributed by atoms with Gasteiger partial charge in [-0.3, -0.25) is 9.69 Å². The third-order valence-corrected chi connectivity index (χ3v) is 3.03. The molecule has 0 aromatic heterocycles. The van der Waals surface area contributed by atoms with Crippen LogP contribution in [-0.2, 0) is 4.74 Å². The topological polar surface area (TPSA) is 82.4 Å². The Labute approximate surface area is 122 Å². The molecule has 0 fully saturated rings. The first-order chi connectivity index (χ1) is 10.2. The minimum absolute atomic E-state index is 0.213. The smallest absolute Gasteiger partial charge is 0.415 e. The molecule has 6 nitrogen and oxygen atoms in total. The van der Waals surface area contributed by atoms with E-state index in [0.29, 0.717) is 24.1 Å². The highest BCUT2D eigenvalue weighted by Crippen LogP contribution is 2.21. The van der Waals surface area contributed by atoms with Gasteiger partial charge >= 0.3 is 6.09 Å². The van der Waals surface area contributed by atoms with Gasteiger partial charge in [0.15, 0.2) is 0 Å². The first kappa shape index (κ1) is 14.6. The molecule has 2 rings (SSSR count). The number of hydrogen-bond acceptors (Lipinski definition) is 4. The number of rotatable bonds is 3. The van der Waals surface area contributed by atoms with Crippen molar-refractivity contribution in [1.82, 2.24) is 10.2 Å². The fourth-order valence-electron chi connectivity index (χ4n) is 2.02. The van der Waals surface area contributed by atoms with Crippen molar-refractivity contribution in [3.63, 3.8) is 0 Å². The van der Waals surface area contributed by atoms with Crippen molar-refractivity contribution >= 4 is 12.0 Å². The van der Waals surface area contributed by atoms with Crippen LogP contribution in [0, 0.1) is 11.3 Å². The Bertz CT molecular complexity index is 617. The van der Waals surface area contributed by atoms with Crippen LogP contribution in [0.15, 0.2) is 41.7 Å². The highest BCUT2D eigenvalue weighted by Gasteiger charge is 2.30. The van der Waals surface area contributed by atoms with Crippen molar-refractivity contribution in [2.45, 2.75) is 13.3 Å². The summed E-state index contributed by atoms with van der Waals surface area (Å²) in [6, 6.07) is 10.6. The molecule has 1 aromatic carbocycles.